The van der Waals surface area contributed by atoms with Crippen molar-refractivity contribution in [1.29, 1.82) is 0 Å². The normalized spacial score (nSPS) is 23.0. The van der Waals surface area contributed by atoms with Crippen LogP contribution in [0.5, 0.6) is 0 Å². The first-order valence-electron chi connectivity index (χ1n) is 8.63. The van der Waals surface area contributed by atoms with Crippen LogP contribution in [-0.4, -0.2) is 19.3 Å². The molecule has 0 amide bonds. The summed E-state index contributed by atoms with van der Waals surface area (Å²) < 4.78 is 0. The lowest BCUT2D eigenvalue weighted by Crippen LogP contribution is -2.33. The molecule has 2 heteroatoms. The molecular weight excluding hydrogens is 256 g/mol. The van der Waals surface area contributed by atoms with Crippen molar-refractivity contribution >= 4 is 17.6 Å². The van der Waals surface area contributed by atoms with Crippen molar-refractivity contribution in [3.05, 3.63) is 23.8 Å². The first-order valence-corrected chi connectivity index (χ1v) is 8.63. The van der Waals surface area contributed by atoms with Crippen molar-refractivity contribution < 1.29 is 0 Å². The second-order valence-corrected chi connectivity index (χ2v) is 6.81. The Balaban J connectivity index is 1.65. The lowest BCUT2D eigenvalue weighted by atomic mass is 9.96. The van der Waals surface area contributed by atoms with Crippen LogP contribution in [0.2, 0.25) is 0 Å². The quantitative estimate of drug-likeness (QED) is 0.700. The summed E-state index contributed by atoms with van der Waals surface area (Å²) in [6.07, 6.45) is 12.8. The van der Waals surface area contributed by atoms with Crippen LogP contribution in [-0.2, 0) is 6.42 Å². The van der Waals surface area contributed by atoms with E-state index in [0.717, 1.165) is 18.8 Å². The molecule has 1 atom stereocenters. The molecule has 0 saturated heterocycles. The summed E-state index contributed by atoms with van der Waals surface area (Å²) in [5, 5.41) is 0. The van der Waals surface area contributed by atoms with Gasteiger partial charge in [0, 0.05) is 30.6 Å². The SMILES string of the molecule is CC1CCc2c(/N=C/CCC3CCCC3)cccc2N1C. The van der Waals surface area contributed by atoms with E-state index in [-0.39, 0.29) is 0 Å². The van der Waals surface area contributed by atoms with Crippen LogP contribution >= 0.6 is 0 Å². The van der Waals surface area contributed by atoms with Gasteiger partial charge in [-0.1, -0.05) is 31.7 Å². The molecule has 1 aliphatic heterocycles. The molecule has 1 heterocycles. The Morgan fingerprint density at radius 1 is 1.24 bits per heavy atom. The minimum Gasteiger partial charge on any atom is -0.372 e. The van der Waals surface area contributed by atoms with Crippen LogP contribution in [0, 0.1) is 5.92 Å². The highest BCUT2D eigenvalue weighted by Crippen LogP contribution is 2.35. The van der Waals surface area contributed by atoms with E-state index in [1.165, 1.54) is 55.5 Å². The number of rotatable bonds is 4. The summed E-state index contributed by atoms with van der Waals surface area (Å²) in [6, 6.07) is 7.20. The standard InChI is InChI=1S/C19H28N2/c1-15-12-13-17-18(10-5-11-19(17)21(15)2)20-14-6-9-16-7-3-4-8-16/h5,10-11,14-16H,3-4,6-9,12-13H2,1-2H3/b20-14+. The largest absolute Gasteiger partial charge is 0.372 e. The lowest BCUT2D eigenvalue weighted by molar-refractivity contribution is 0.517. The van der Waals surface area contributed by atoms with Gasteiger partial charge in [-0.3, -0.25) is 4.99 Å². The number of hydrogen-bond donors (Lipinski definition) is 0. The zero-order valence-corrected chi connectivity index (χ0v) is 13.5. The van der Waals surface area contributed by atoms with Gasteiger partial charge < -0.3 is 4.90 Å². The predicted octanol–water partition coefficient (Wildman–Crippen LogP) is 5.13. The van der Waals surface area contributed by atoms with Gasteiger partial charge in [0.15, 0.2) is 0 Å². The first kappa shape index (κ1) is 14.6. The van der Waals surface area contributed by atoms with Crippen LogP contribution < -0.4 is 4.90 Å². The van der Waals surface area contributed by atoms with Gasteiger partial charge >= 0.3 is 0 Å². The second-order valence-electron chi connectivity index (χ2n) is 6.81. The fourth-order valence-electron chi connectivity index (χ4n) is 3.83. The average molecular weight is 284 g/mol. The molecule has 3 rings (SSSR count). The third-order valence-electron chi connectivity index (χ3n) is 5.39. The van der Waals surface area contributed by atoms with Crippen molar-refractivity contribution in [3.8, 4) is 0 Å². The Kier molecular flexibility index (Phi) is 4.62. The number of anilines is 1. The maximum absolute atomic E-state index is 4.79. The molecule has 0 radical (unpaired) electrons. The van der Waals surface area contributed by atoms with Crippen LogP contribution in [0.1, 0.15) is 57.4 Å². The summed E-state index contributed by atoms with van der Waals surface area (Å²) in [6.45, 7) is 2.31. The maximum Gasteiger partial charge on any atom is 0.0678 e. The molecule has 2 nitrogen and oxygen atoms in total. The van der Waals surface area contributed by atoms with Crippen molar-refractivity contribution in [2.75, 3.05) is 11.9 Å². The van der Waals surface area contributed by atoms with Gasteiger partial charge in [-0.15, -0.1) is 0 Å². The third kappa shape index (κ3) is 3.30. The van der Waals surface area contributed by atoms with E-state index in [1.807, 2.05) is 0 Å². The Morgan fingerprint density at radius 3 is 2.86 bits per heavy atom. The van der Waals surface area contributed by atoms with Crippen LogP contribution in [0.15, 0.2) is 23.2 Å². The first-order chi connectivity index (χ1) is 10.3. The Labute approximate surface area is 129 Å². The monoisotopic (exact) mass is 284 g/mol. The lowest BCUT2D eigenvalue weighted by Gasteiger charge is -2.34. The third-order valence-corrected chi connectivity index (χ3v) is 5.39. The topological polar surface area (TPSA) is 15.6 Å². The Bertz CT molecular complexity index is 500. The molecule has 114 valence electrons. The number of nitrogens with zero attached hydrogens (tertiary/aromatic N) is 2. The summed E-state index contributed by atoms with van der Waals surface area (Å²) in [5.74, 6) is 0.966. The summed E-state index contributed by atoms with van der Waals surface area (Å²) in [5.41, 5.74) is 4.01. The van der Waals surface area contributed by atoms with E-state index in [1.54, 1.807) is 0 Å². The number of fused-ring (bicyclic) bond motifs is 1. The van der Waals surface area contributed by atoms with Crippen molar-refractivity contribution in [2.45, 2.75) is 64.3 Å². The highest BCUT2D eigenvalue weighted by molar-refractivity contribution is 5.71. The van der Waals surface area contributed by atoms with Gasteiger partial charge in [-0.2, -0.15) is 0 Å². The van der Waals surface area contributed by atoms with Crippen molar-refractivity contribution in [3.63, 3.8) is 0 Å². The highest BCUT2D eigenvalue weighted by atomic mass is 15.1. The molecule has 1 unspecified atom stereocenters. The van der Waals surface area contributed by atoms with Crippen LogP contribution in [0.4, 0.5) is 11.4 Å². The zero-order valence-electron chi connectivity index (χ0n) is 13.5. The molecule has 2 aliphatic rings. The Hall–Kier alpha value is -1.31. The van der Waals surface area contributed by atoms with E-state index in [9.17, 15) is 0 Å². The van der Waals surface area contributed by atoms with E-state index in [4.69, 9.17) is 4.99 Å². The van der Waals surface area contributed by atoms with Gasteiger partial charge in [0.2, 0.25) is 0 Å². The van der Waals surface area contributed by atoms with Crippen LogP contribution in [0.3, 0.4) is 0 Å². The zero-order chi connectivity index (χ0) is 14.7. The van der Waals surface area contributed by atoms with Gasteiger partial charge in [0.05, 0.1) is 5.69 Å². The van der Waals surface area contributed by atoms with Gasteiger partial charge in [0.25, 0.3) is 0 Å². The molecule has 21 heavy (non-hydrogen) atoms. The molecule has 1 aliphatic carbocycles. The maximum atomic E-state index is 4.79. The van der Waals surface area contributed by atoms with Crippen LogP contribution in [0.25, 0.3) is 0 Å². The molecule has 1 saturated carbocycles. The number of hydrogen-bond acceptors (Lipinski definition) is 2. The average Bonchev–Trinajstić information content (AvgIpc) is 3.01. The number of aliphatic imine (C=N–C) groups is 1. The summed E-state index contributed by atoms with van der Waals surface area (Å²) in [4.78, 5) is 7.19. The molecular formula is C19H28N2. The molecule has 1 aromatic carbocycles. The molecule has 0 aromatic heterocycles. The fraction of sp³-hybridized carbons (Fsp3) is 0.632. The molecule has 0 bridgehead atoms. The fourth-order valence-corrected chi connectivity index (χ4v) is 3.83. The summed E-state index contributed by atoms with van der Waals surface area (Å²) in [7, 11) is 2.20. The molecule has 0 spiro atoms. The number of benzene rings is 1. The second kappa shape index (κ2) is 6.64. The van der Waals surface area contributed by atoms with E-state index in [0.29, 0.717) is 6.04 Å². The molecule has 1 fully saturated rings. The molecule has 1 aromatic rings. The van der Waals surface area contributed by atoms with Gasteiger partial charge in [0.1, 0.15) is 0 Å². The van der Waals surface area contributed by atoms with Gasteiger partial charge in [-0.25, -0.2) is 0 Å². The Morgan fingerprint density at radius 2 is 2.05 bits per heavy atom. The highest BCUT2D eigenvalue weighted by Gasteiger charge is 2.21. The summed E-state index contributed by atoms with van der Waals surface area (Å²) >= 11 is 0. The van der Waals surface area contributed by atoms with Gasteiger partial charge in [-0.05, 0) is 50.7 Å². The van der Waals surface area contributed by atoms with E-state index in [2.05, 4.69) is 43.3 Å². The minimum absolute atomic E-state index is 0.638. The predicted molar refractivity (Wildman–Crippen MR) is 92.0 cm³/mol. The molecule has 0 N–H and O–H groups in total. The van der Waals surface area contributed by atoms with Crippen molar-refractivity contribution in [2.24, 2.45) is 10.9 Å². The van der Waals surface area contributed by atoms with Crippen molar-refractivity contribution in [1.82, 2.24) is 0 Å². The minimum atomic E-state index is 0.638. The van der Waals surface area contributed by atoms with E-state index >= 15 is 0 Å². The van der Waals surface area contributed by atoms with E-state index < -0.39 is 0 Å². The smallest absolute Gasteiger partial charge is 0.0678 e.